The lowest BCUT2D eigenvalue weighted by molar-refractivity contribution is 0.0939. The molecule has 2 aromatic rings. The number of hydrogen-bond acceptors (Lipinski definition) is 3. The van der Waals surface area contributed by atoms with E-state index in [0.717, 1.165) is 5.76 Å². The molecule has 0 aliphatic rings. The minimum absolute atomic E-state index is 0.0165. The minimum atomic E-state index is -0.0659. The van der Waals surface area contributed by atoms with Gasteiger partial charge in [0.25, 0.3) is 5.91 Å². The van der Waals surface area contributed by atoms with Gasteiger partial charge in [0.2, 0.25) is 0 Å². The van der Waals surface area contributed by atoms with Crippen LogP contribution in [-0.2, 0) is 5.41 Å². The summed E-state index contributed by atoms with van der Waals surface area (Å²) in [4.78, 5) is 14.4. The second-order valence-corrected chi connectivity index (χ2v) is 7.03. The van der Waals surface area contributed by atoms with E-state index in [4.69, 9.17) is 4.42 Å². The van der Waals surface area contributed by atoms with Crippen molar-refractivity contribution >= 4 is 5.91 Å². The molecule has 1 N–H and O–H groups in total. The first-order valence-electron chi connectivity index (χ1n) is 7.87. The summed E-state index contributed by atoms with van der Waals surface area (Å²) in [5.41, 5.74) is 1.98. The van der Waals surface area contributed by atoms with Crippen LogP contribution in [0.2, 0.25) is 0 Å². The van der Waals surface area contributed by atoms with Gasteiger partial charge in [0.05, 0.1) is 12.3 Å². The molecule has 1 aromatic heterocycles. The predicted octanol–water partition coefficient (Wildman–Crippen LogP) is 3.61. The summed E-state index contributed by atoms with van der Waals surface area (Å²) in [6, 6.07) is 11.6. The first-order valence-corrected chi connectivity index (χ1v) is 7.87. The molecule has 0 saturated heterocycles. The van der Waals surface area contributed by atoms with Crippen molar-refractivity contribution < 1.29 is 9.21 Å². The van der Waals surface area contributed by atoms with E-state index in [-0.39, 0.29) is 17.4 Å². The molecule has 2 rings (SSSR count). The van der Waals surface area contributed by atoms with E-state index >= 15 is 0 Å². The molecule has 0 spiro atoms. The maximum absolute atomic E-state index is 12.3. The summed E-state index contributed by atoms with van der Waals surface area (Å²) >= 11 is 0. The number of nitrogens with one attached hydrogen (secondary N) is 1. The summed E-state index contributed by atoms with van der Waals surface area (Å²) in [5.74, 6) is 0.780. The van der Waals surface area contributed by atoms with Gasteiger partial charge in [-0.15, -0.1) is 0 Å². The zero-order valence-electron chi connectivity index (χ0n) is 14.6. The molecular weight excluding hydrogens is 288 g/mol. The number of likely N-dealkylation sites (N-methyl/N-ethyl adjacent to an activating group) is 1. The Bertz CT molecular complexity index is 622. The van der Waals surface area contributed by atoms with Gasteiger partial charge < -0.3 is 9.73 Å². The molecule has 0 aliphatic carbocycles. The van der Waals surface area contributed by atoms with Gasteiger partial charge in [0.15, 0.2) is 0 Å². The smallest absolute Gasteiger partial charge is 0.251 e. The standard InChI is InChI=1S/C19H26N2O2/c1-19(2,3)15-10-8-14(9-11-15)18(22)20-13-16(21(4)5)17-7-6-12-23-17/h6-12,16H,13H2,1-5H3,(H,20,22). The highest BCUT2D eigenvalue weighted by Gasteiger charge is 2.19. The first kappa shape index (κ1) is 17.3. The van der Waals surface area contributed by atoms with Gasteiger partial charge in [-0.25, -0.2) is 0 Å². The fraction of sp³-hybridized carbons (Fsp3) is 0.421. The fourth-order valence-corrected chi connectivity index (χ4v) is 2.43. The SMILES string of the molecule is CN(C)C(CNC(=O)c1ccc(C(C)(C)C)cc1)c1ccco1. The van der Waals surface area contributed by atoms with Crippen LogP contribution in [0.3, 0.4) is 0 Å². The van der Waals surface area contributed by atoms with E-state index in [0.29, 0.717) is 12.1 Å². The second-order valence-electron chi connectivity index (χ2n) is 7.03. The number of amides is 1. The van der Waals surface area contributed by atoms with E-state index in [9.17, 15) is 4.79 Å². The van der Waals surface area contributed by atoms with Gasteiger partial charge in [-0.3, -0.25) is 9.69 Å². The van der Waals surface area contributed by atoms with Crippen molar-refractivity contribution in [2.24, 2.45) is 0 Å². The average molecular weight is 314 g/mol. The van der Waals surface area contributed by atoms with Crippen LogP contribution < -0.4 is 5.32 Å². The molecule has 0 saturated carbocycles. The second kappa shape index (κ2) is 7.01. The van der Waals surface area contributed by atoms with Crippen molar-refractivity contribution in [2.75, 3.05) is 20.6 Å². The summed E-state index contributed by atoms with van der Waals surface area (Å²) in [6.07, 6.45) is 1.65. The van der Waals surface area contributed by atoms with Crippen LogP contribution in [-0.4, -0.2) is 31.4 Å². The summed E-state index contributed by atoms with van der Waals surface area (Å²) < 4.78 is 5.46. The van der Waals surface area contributed by atoms with Gasteiger partial charge >= 0.3 is 0 Å². The molecule has 1 amide bonds. The third-order valence-electron chi connectivity index (χ3n) is 3.96. The van der Waals surface area contributed by atoms with Crippen LogP contribution in [0.15, 0.2) is 47.1 Å². The molecule has 23 heavy (non-hydrogen) atoms. The van der Waals surface area contributed by atoms with Gasteiger partial charge in [-0.1, -0.05) is 32.9 Å². The van der Waals surface area contributed by atoms with Crippen molar-refractivity contribution in [3.63, 3.8) is 0 Å². The number of carbonyl (C=O) groups excluding carboxylic acids is 1. The zero-order valence-corrected chi connectivity index (χ0v) is 14.6. The fourth-order valence-electron chi connectivity index (χ4n) is 2.43. The summed E-state index contributed by atoms with van der Waals surface area (Å²) in [6.45, 7) is 6.98. The van der Waals surface area contributed by atoms with Gasteiger partial charge in [0.1, 0.15) is 5.76 Å². The number of benzene rings is 1. The highest BCUT2D eigenvalue weighted by molar-refractivity contribution is 5.94. The molecule has 1 heterocycles. The molecule has 0 bridgehead atoms. The molecule has 4 heteroatoms. The number of rotatable bonds is 5. The van der Waals surface area contributed by atoms with E-state index in [1.807, 2.05) is 55.4 Å². The minimum Gasteiger partial charge on any atom is -0.468 e. The Morgan fingerprint density at radius 1 is 1.17 bits per heavy atom. The topological polar surface area (TPSA) is 45.5 Å². The highest BCUT2D eigenvalue weighted by atomic mass is 16.3. The quantitative estimate of drug-likeness (QED) is 0.917. The molecule has 0 radical (unpaired) electrons. The van der Waals surface area contributed by atoms with Gasteiger partial charge in [0, 0.05) is 12.1 Å². The third kappa shape index (κ3) is 4.45. The van der Waals surface area contributed by atoms with Crippen molar-refractivity contribution in [1.29, 1.82) is 0 Å². The summed E-state index contributed by atoms with van der Waals surface area (Å²) in [7, 11) is 3.94. The Kier molecular flexibility index (Phi) is 5.26. The molecule has 0 fully saturated rings. The molecule has 4 nitrogen and oxygen atoms in total. The maximum Gasteiger partial charge on any atom is 0.251 e. The Morgan fingerprint density at radius 3 is 2.30 bits per heavy atom. The lowest BCUT2D eigenvalue weighted by Gasteiger charge is -2.23. The Hall–Kier alpha value is -2.07. The predicted molar refractivity (Wildman–Crippen MR) is 92.6 cm³/mol. The van der Waals surface area contributed by atoms with Crippen LogP contribution >= 0.6 is 0 Å². The number of hydrogen-bond donors (Lipinski definition) is 1. The molecular formula is C19H26N2O2. The van der Waals surface area contributed by atoms with E-state index in [1.54, 1.807) is 6.26 Å². The Labute approximate surface area is 138 Å². The van der Waals surface area contributed by atoms with Crippen LogP contribution in [0.1, 0.15) is 48.5 Å². The van der Waals surface area contributed by atoms with Gasteiger partial charge in [-0.2, -0.15) is 0 Å². The number of carbonyl (C=O) groups is 1. The number of furan rings is 1. The van der Waals surface area contributed by atoms with Crippen LogP contribution in [0.25, 0.3) is 0 Å². The van der Waals surface area contributed by atoms with Crippen molar-refractivity contribution in [3.8, 4) is 0 Å². The molecule has 1 atom stereocenters. The van der Waals surface area contributed by atoms with E-state index < -0.39 is 0 Å². The van der Waals surface area contributed by atoms with Crippen LogP contribution in [0.5, 0.6) is 0 Å². The van der Waals surface area contributed by atoms with Crippen molar-refractivity contribution in [1.82, 2.24) is 10.2 Å². The molecule has 124 valence electrons. The summed E-state index contributed by atoms with van der Waals surface area (Å²) in [5, 5.41) is 2.99. The van der Waals surface area contributed by atoms with Gasteiger partial charge in [-0.05, 0) is 49.3 Å². The van der Waals surface area contributed by atoms with E-state index in [1.165, 1.54) is 5.56 Å². The first-order chi connectivity index (χ1) is 10.8. The Morgan fingerprint density at radius 2 is 1.83 bits per heavy atom. The largest absolute Gasteiger partial charge is 0.468 e. The third-order valence-corrected chi connectivity index (χ3v) is 3.96. The zero-order chi connectivity index (χ0) is 17.0. The van der Waals surface area contributed by atoms with Crippen molar-refractivity contribution in [2.45, 2.75) is 32.2 Å². The molecule has 0 aliphatic heterocycles. The monoisotopic (exact) mass is 314 g/mol. The molecule has 1 unspecified atom stereocenters. The Balaban J connectivity index is 2.01. The lowest BCUT2D eigenvalue weighted by Crippen LogP contribution is -2.34. The number of nitrogens with zero attached hydrogens (tertiary/aromatic N) is 1. The highest BCUT2D eigenvalue weighted by Crippen LogP contribution is 2.22. The van der Waals surface area contributed by atoms with Crippen molar-refractivity contribution in [3.05, 3.63) is 59.5 Å². The van der Waals surface area contributed by atoms with Crippen LogP contribution in [0.4, 0.5) is 0 Å². The molecule has 1 aromatic carbocycles. The average Bonchev–Trinajstić information content (AvgIpc) is 3.00. The maximum atomic E-state index is 12.3. The normalized spacial score (nSPS) is 13.1. The van der Waals surface area contributed by atoms with E-state index in [2.05, 4.69) is 26.1 Å². The lowest BCUT2D eigenvalue weighted by atomic mass is 9.87. The van der Waals surface area contributed by atoms with Crippen LogP contribution in [0, 0.1) is 0 Å².